The predicted molar refractivity (Wildman–Crippen MR) is 71.7 cm³/mol. The quantitative estimate of drug-likeness (QED) is 0.892. The van der Waals surface area contributed by atoms with E-state index in [9.17, 15) is 9.90 Å². The highest BCUT2D eigenvalue weighted by Crippen LogP contribution is 2.34. The third kappa shape index (κ3) is 2.03. The van der Waals surface area contributed by atoms with Gasteiger partial charge < -0.3 is 5.11 Å². The summed E-state index contributed by atoms with van der Waals surface area (Å²) in [6.45, 7) is 7.58. The summed E-state index contributed by atoms with van der Waals surface area (Å²) < 4.78 is 0. The summed E-state index contributed by atoms with van der Waals surface area (Å²) in [5, 5.41) is 9.72. The van der Waals surface area contributed by atoms with Crippen molar-refractivity contribution < 1.29 is 9.90 Å². The van der Waals surface area contributed by atoms with E-state index in [-0.39, 0.29) is 0 Å². The van der Waals surface area contributed by atoms with E-state index in [0.717, 1.165) is 42.6 Å². The second-order valence-electron chi connectivity index (χ2n) is 5.39. The molecule has 1 fully saturated rings. The molecule has 0 aromatic heterocycles. The average Bonchev–Trinajstić information content (AvgIpc) is 2.85. The normalized spacial score (nSPS) is 19.7. The molecule has 98 valence electrons. The van der Waals surface area contributed by atoms with Gasteiger partial charge in [0.05, 0.1) is 0 Å². The van der Waals surface area contributed by atoms with Crippen LogP contribution in [0.3, 0.4) is 0 Å². The number of carboxylic acid groups (broad SMARTS) is 1. The van der Waals surface area contributed by atoms with Crippen molar-refractivity contribution in [1.29, 1.82) is 0 Å². The van der Waals surface area contributed by atoms with E-state index in [4.69, 9.17) is 0 Å². The number of hydrogen-bond acceptors (Lipinski definition) is 2. The molecule has 1 saturated heterocycles. The maximum atomic E-state index is 11.8. The number of benzene rings is 1. The first kappa shape index (κ1) is 13.1. The molecule has 1 atom stereocenters. The molecule has 1 aromatic rings. The van der Waals surface area contributed by atoms with Crippen LogP contribution >= 0.6 is 0 Å². The third-order valence-electron chi connectivity index (χ3n) is 4.07. The number of hydrogen-bond donors (Lipinski definition) is 1. The number of likely N-dealkylation sites (tertiary alicyclic amines) is 1. The van der Waals surface area contributed by atoms with Gasteiger partial charge in [-0.05, 0) is 57.8 Å². The Balaban J connectivity index is 2.52. The Morgan fingerprint density at radius 1 is 1.28 bits per heavy atom. The number of carbonyl (C=O) groups is 1. The molecular weight excluding hydrogens is 226 g/mol. The first-order valence-corrected chi connectivity index (χ1v) is 6.52. The lowest BCUT2D eigenvalue weighted by Crippen LogP contribution is -2.48. The van der Waals surface area contributed by atoms with Crippen LogP contribution < -0.4 is 0 Å². The van der Waals surface area contributed by atoms with E-state index in [2.05, 4.69) is 4.90 Å². The van der Waals surface area contributed by atoms with Crippen LogP contribution in [-0.4, -0.2) is 29.1 Å². The zero-order chi connectivity index (χ0) is 13.3. The summed E-state index contributed by atoms with van der Waals surface area (Å²) in [6, 6.07) is 6.06. The van der Waals surface area contributed by atoms with Crippen LogP contribution in [0.5, 0.6) is 0 Å². The SMILES string of the molecule is Cc1ccc(C)c(C(C)(C(=O)O)N2CCCC2)c1. The lowest BCUT2D eigenvalue weighted by atomic mass is 9.86. The summed E-state index contributed by atoms with van der Waals surface area (Å²) in [5.74, 6) is -0.752. The van der Waals surface area contributed by atoms with E-state index in [0.29, 0.717) is 0 Å². The number of nitrogens with zero attached hydrogens (tertiary/aromatic N) is 1. The van der Waals surface area contributed by atoms with Gasteiger partial charge in [-0.2, -0.15) is 0 Å². The third-order valence-corrected chi connectivity index (χ3v) is 4.07. The van der Waals surface area contributed by atoms with Crippen molar-refractivity contribution in [2.24, 2.45) is 0 Å². The van der Waals surface area contributed by atoms with Crippen molar-refractivity contribution in [3.05, 3.63) is 34.9 Å². The van der Waals surface area contributed by atoms with Crippen molar-refractivity contribution in [1.82, 2.24) is 4.90 Å². The Hall–Kier alpha value is -1.35. The molecule has 1 unspecified atom stereocenters. The van der Waals surface area contributed by atoms with E-state index < -0.39 is 11.5 Å². The Bertz CT molecular complexity index is 464. The van der Waals surface area contributed by atoms with Gasteiger partial charge in [0.2, 0.25) is 0 Å². The molecule has 3 nitrogen and oxygen atoms in total. The molecule has 0 aliphatic carbocycles. The molecule has 0 bridgehead atoms. The Morgan fingerprint density at radius 2 is 1.89 bits per heavy atom. The monoisotopic (exact) mass is 247 g/mol. The molecule has 0 spiro atoms. The van der Waals surface area contributed by atoms with Gasteiger partial charge in [-0.3, -0.25) is 4.90 Å². The fraction of sp³-hybridized carbons (Fsp3) is 0.533. The van der Waals surface area contributed by atoms with Gasteiger partial charge in [0.15, 0.2) is 0 Å². The van der Waals surface area contributed by atoms with E-state index >= 15 is 0 Å². The molecule has 1 aliphatic rings. The highest BCUT2D eigenvalue weighted by molar-refractivity contribution is 5.81. The lowest BCUT2D eigenvalue weighted by molar-refractivity contribution is -0.150. The minimum Gasteiger partial charge on any atom is -0.480 e. The van der Waals surface area contributed by atoms with Crippen LogP contribution in [0.15, 0.2) is 18.2 Å². The van der Waals surface area contributed by atoms with E-state index in [1.54, 1.807) is 0 Å². The molecule has 1 aliphatic heterocycles. The van der Waals surface area contributed by atoms with Crippen molar-refractivity contribution in [3.63, 3.8) is 0 Å². The molecule has 18 heavy (non-hydrogen) atoms. The predicted octanol–water partition coefficient (Wildman–Crippen LogP) is 2.70. The highest BCUT2D eigenvalue weighted by Gasteiger charge is 2.43. The van der Waals surface area contributed by atoms with E-state index in [1.165, 1.54) is 0 Å². The van der Waals surface area contributed by atoms with Gasteiger partial charge in [-0.15, -0.1) is 0 Å². The van der Waals surface area contributed by atoms with Gasteiger partial charge in [-0.25, -0.2) is 4.79 Å². The van der Waals surface area contributed by atoms with Gasteiger partial charge >= 0.3 is 5.97 Å². The van der Waals surface area contributed by atoms with E-state index in [1.807, 2.05) is 39.0 Å². The zero-order valence-corrected chi connectivity index (χ0v) is 11.4. The lowest BCUT2D eigenvalue weighted by Gasteiger charge is -2.36. The summed E-state index contributed by atoms with van der Waals surface area (Å²) in [5.41, 5.74) is 2.20. The van der Waals surface area contributed by atoms with Crippen LogP contribution in [-0.2, 0) is 10.3 Å². The maximum absolute atomic E-state index is 11.8. The van der Waals surface area contributed by atoms with Crippen LogP contribution in [0, 0.1) is 13.8 Å². The summed E-state index contributed by atoms with van der Waals surface area (Å²) >= 11 is 0. The maximum Gasteiger partial charge on any atom is 0.328 e. The second-order valence-corrected chi connectivity index (χ2v) is 5.39. The minimum absolute atomic E-state index is 0.752. The molecule has 1 N–H and O–H groups in total. The smallest absolute Gasteiger partial charge is 0.328 e. The van der Waals surface area contributed by atoms with Crippen LogP contribution in [0.4, 0.5) is 0 Å². The average molecular weight is 247 g/mol. The molecule has 3 heteroatoms. The van der Waals surface area contributed by atoms with Gasteiger partial charge in [-0.1, -0.05) is 23.8 Å². The highest BCUT2D eigenvalue weighted by atomic mass is 16.4. The van der Waals surface area contributed by atoms with Crippen LogP contribution in [0.25, 0.3) is 0 Å². The fourth-order valence-electron chi connectivity index (χ4n) is 2.85. The molecule has 0 amide bonds. The molecule has 2 rings (SSSR count). The van der Waals surface area contributed by atoms with Crippen molar-refractivity contribution in [2.75, 3.05) is 13.1 Å². The molecule has 1 heterocycles. The number of carboxylic acids is 1. The summed E-state index contributed by atoms with van der Waals surface area (Å²) in [7, 11) is 0. The first-order valence-electron chi connectivity index (χ1n) is 6.52. The second kappa shape index (κ2) is 4.73. The topological polar surface area (TPSA) is 40.5 Å². The Kier molecular flexibility index (Phi) is 3.44. The standard InChI is InChI=1S/C15H21NO2/c1-11-6-7-12(2)13(10-11)15(3,14(17)18)16-8-4-5-9-16/h6-7,10H,4-5,8-9H2,1-3H3,(H,17,18). The first-order chi connectivity index (χ1) is 8.46. The fourth-order valence-corrected chi connectivity index (χ4v) is 2.85. The van der Waals surface area contributed by atoms with Gasteiger partial charge in [0.1, 0.15) is 5.54 Å². The summed E-state index contributed by atoms with van der Waals surface area (Å²) in [6.07, 6.45) is 2.18. The Labute approximate surface area is 108 Å². The van der Waals surface area contributed by atoms with Crippen LogP contribution in [0.2, 0.25) is 0 Å². The molecule has 0 radical (unpaired) electrons. The number of aryl methyl sites for hydroxylation is 2. The van der Waals surface area contributed by atoms with Crippen molar-refractivity contribution in [3.8, 4) is 0 Å². The molecular formula is C15H21NO2. The summed E-state index contributed by atoms with van der Waals surface area (Å²) in [4.78, 5) is 13.9. The Morgan fingerprint density at radius 3 is 2.44 bits per heavy atom. The largest absolute Gasteiger partial charge is 0.480 e. The zero-order valence-electron chi connectivity index (χ0n) is 11.4. The van der Waals surface area contributed by atoms with Crippen molar-refractivity contribution in [2.45, 2.75) is 39.2 Å². The minimum atomic E-state index is -0.896. The number of aliphatic carboxylic acids is 1. The van der Waals surface area contributed by atoms with Crippen LogP contribution in [0.1, 0.15) is 36.5 Å². The molecule has 1 aromatic carbocycles. The van der Waals surface area contributed by atoms with Gasteiger partial charge in [0.25, 0.3) is 0 Å². The number of rotatable bonds is 3. The van der Waals surface area contributed by atoms with Gasteiger partial charge in [0, 0.05) is 0 Å². The van der Waals surface area contributed by atoms with Crippen molar-refractivity contribution >= 4 is 5.97 Å². The molecule has 0 saturated carbocycles.